The minimum atomic E-state index is 0.139. The highest BCUT2D eigenvalue weighted by molar-refractivity contribution is 6.35. The van der Waals surface area contributed by atoms with Gasteiger partial charge in [0.2, 0.25) is 6.79 Å². The maximum Gasteiger partial charge on any atom is 0.231 e. The minimum absolute atomic E-state index is 0.139. The van der Waals surface area contributed by atoms with Crippen molar-refractivity contribution in [1.82, 2.24) is 0 Å². The maximum atomic E-state index is 11.1. The molecule has 2 aromatic carbocycles. The first-order valence-electron chi connectivity index (χ1n) is 6.13. The van der Waals surface area contributed by atoms with E-state index in [1.54, 1.807) is 30.3 Å². The Morgan fingerprint density at radius 3 is 2.62 bits per heavy atom. The zero-order valence-corrected chi connectivity index (χ0v) is 12.3. The standard InChI is InChI=1S/C15H10Cl2O4/c16-11-2-1-9(12(17)4-11)7-19-13-5-15-14(20-8-21-15)3-10(13)6-18/h1-6H,7-8H2. The molecule has 0 atom stereocenters. The molecule has 0 amide bonds. The van der Waals surface area contributed by atoms with Crippen LogP contribution in [0.4, 0.5) is 0 Å². The quantitative estimate of drug-likeness (QED) is 0.794. The highest BCUT2D eigenvalue weighted by Gasteiger charge is 2.18. The summed E-state index contributed by atoms with van der Waals surface area (Å²) in [6.07, 6.45) is 0.709. The molecule has 0 fully saturated rings. The first-order chi connectivity index (χ1) is 10.2. The van der Waals surface area contributed by atoms with E-state index in [0.29, 0.717) is 39.1 Å². The van der Waals surface area contributed by atoms with Crippen LogP contribution in [0.25, 0.3) is 0 Å². The predicted molar refractivity (Wildman–Crippen MR) is 78.7 cm³/mol. The third-order valence-electron chi connectivity index (χ3n) is 3.03. The van der Waals surface area contributed by atoms with Crippen LogP contribution in [0.2, 0.25) is 10.0 Å². The van der Waals surface area contributed by atoms with Crippen LogP contribution in [-0.4, -0.2) is 13.1 Å². The Hall–Kier alpha value is -1.91. The fraction of sp³-hybridized carbons (Fsp3) is 0.133. The van der Waals surface area contributed by atoms with E-state index in [1.165, 1.54) is 0 Å². The summed E-state index contributed by atoms with van der Waals surface area (Å²) >= 11 is 11.9. The van der Waals surface area contributed by atoms with Crippen molar-refractivity contribution in [3.8, 4) is 17.2 Å². The molecule has 21 heavy (non-hydrogen) atoms. The number of hydrogen-bond acceptors (Lipinski definition) is 4. The molecule has 6 heteroatoms. The zero-order chi connectivity index (χ0) is 14.8. The number of fused-ring (bicyclic) bond motifs is 1. The smallest absolute Gasteiger partial charge is 0.231 e. The van der Waals surface area contributed by atoms with Gasteiger partial charge in [0.1, 0.15) is 12.4 Å². The van der Waals surface area contributed by atoms with Crippen molar-refractivity contribution < 1.29 is 19.0 Å². The topological polar surface area (TPSA) is 44.8 Å². The van der Waals surface area contributed by atoms with Gasteiger partial charge in [-0.15, -0.1) is 0 Å². The van der Waals surface area contributed by atoms with E-state index < -0.39 is 0 Å². The van der Waals surface area contributed by atoms with Crippen LogP contribution in [0, 0.1) is 0 Å². The molecule has 0 radical (unpaired) electrons. The zero-order valence-electron chi connectivity index (χ0n) is 10.8. The van der Waals surface area contributed by atoms with E-state index in [-0.39, 0.29) is 13.4 Å². The Kier molecular flexibility index (Phi) is 3.90. The van der Waals surface area contributed by atoms with Crippen molar-refractivity contribution in [2.75, 3.05) is 6.79 Å². The van der Waals surface area contributed by atoms with Crippen LogP contribution in [-0.2, 0) is 6.61 Å². The van der Waals surface area contributed by atoms with Crippen LogP contribution < -0.4 is 14.2 Å². The third-order valence-corrected chi connectivity index (χ3v) is 3.62. The van der Waals surface area contributed by atoms with Crippen molar-refractivity contribution in [1.29, 1.82) is 0 Å². The molecule has 0 aliphatic carbocycles. The second kappa shape index (κ2) is 5.84. The van der Waals surface area contributed by atoms with E-state index >= 15 is 0 Å². The molecule has 0 N–H and O–H groups in total. The molecule has 4 nitrogen and oxygen atoms in total. The number of hydrogen-bond donors (Lipinski definition) is 0. The van der Waals surface area contributed by atoms with Gasteiger partial charge in [0.15, 0.2) is 17.8 Å². The van der Waals surface area contributed by atoms with Gasteiger partial charge in [-0.05, 0) is 18.2 Å². The minimum Gasteiger partial charge on any atom is -0.488 e. The van der Waals surface area contributed by atoms with Gasteiger partial charge in [0.05, 0.1) is 5.56 Å². The lowest BCUT2D eigenvalue weighted by atomic mass is 10.2. The number of aldehydes is 1. The molecular weight excluding hydrogens is 315 g/mol. The first-order valence-corrected chi connectivity index (χ1v) is 6.88. The highest BCUT2D eigenvalue weighted by atomic mass is 35.5. The number of benzene rings is 2. The fourth-order valence-electron chi connectivity index (χ4n) is 1.95. The van der Waals surface area contributed by atoms with Gasteiger partial charge in [-0.25, -0.2) is 0 Å². The maximum absolute atomic E-state index is 11.1. The molecule has 0 bridgehead atoms. The summed E-state index contributed by atoms with van der Waals surface area (Å²) in [5.74, 6) is 1.51. The van der Waals surface area contributed by atoms with Crippen LogP contribution in [0.3, 0.4) is 0 Å². The van der Waals surface area contributed by atoms with Gasteiger partial charge in [-0.2, -0.15) is 0 Å². The summed E-state index contributed by atoms with van der Waals surface area (Å²) in [6.45, 7) is 0.358. The number of ether oxygens (including phenoxy) is 3. The van der Waals surface area contributed by atoms with E-state index in [1.807, 2.05) is 0 Å². The average Bonchev–Trinajstić information content (AvgIpc) is 2.92. The summed E-state index contributed by atoms with van der Waals surface area (Å²) in [5, 5.41) is 1.07. The van der Waals surface area contributed by atoms with E-state index in [4.69, 9.17) is 37.4 Å². The number of rotatable bonds is 4. The molecule has 3 rings (SSSR count). The van der Waals surface area contributed by atoms with E-state index in [9.17, 15) is 4.79 Å². The Bertz CT molecular complexity index is 700. The Morgan fingerprint density at radius 1 is 1.14 bits per heavy atom. The normalized spacial score (nSPS) is 12.3. The van der Waals surface area contributed by atoms with Crippen LogP contribution in [0.15, 0.2) is 30.3 Å². The van der Waals surface area contributed by atoms with Gasteiger partial charge >= 0.3 is 0 Å². The van der Waals surface area contributed by atoms with Gasteiger partial charge in [-0.3, -0.25) is 4.79 Å². The lowest BCUT2D eigenvalue weighted by Gasteiger charge is -2.10. The molecule has 1 aliphatic rings. The second-order valence-electron chi connectivity index (χ2n) is 4.39. The Morgan fingerprint density at radius 2 is 1.90 bits per heavy atom. The first kappa shape index (κ1) is 14.0. The molecule has 0 aromatic heterocycles. The lowest BCUT2D eigenvalue weighted by molar-refractivity contribution is 0.111. The summed E-state index contributed by atoms with van der Waals surface area (Å²) in [4.78, 5) is 11.1. The largest absolute Gasteiger partial charge is 0.488 e. The molecule has 0 spiro atoms. The van der Waals surface area contributed by atoms with Crippen molar-refractivity contribution in [2.45, 2.75) is 6.61 Å². The van der Waals surface area contributed by atoms with Crippen LogP contribution in [0.1, 0.15) is 15.9 Å². The second-order valence-corrected chi connectivity index (χ2v) is 5.23. The summed E-state index contributed by atoms with van der Waals surface area (Å²) in [5.41, 5.74) is 1.17. The monoisotopic (exact) mass is 324 g/mol. The van der Waals surface area contributed by atoms with Crippen molar-refractivity contribution in [3.63, 3.8) is 0 Å². The average molecular weight is 325 g/mol. The molecule has 1 aliphatic heterocycles. The van der Waals surface area contributed by atoms with Gasteiger partial charge in [-0.1, -0.05) is 29.3 Å². The third kappa shape index (κ3) is 2.91. The Balaban J connectivity index is 1.83. The molecule has 0 saturated heterocycles. The number of carbonyl (C=O) groups excluding carboxylic acids is 1. The molecule has 1 heterocycles. The van der Waals surface area contributed by atoms with Gasteiger partial charge in [0, 0.05) is 21.7 Å². The van der Waals surface area contributed by atoms with Crippen molar-refractivity contribution in [3.05, 3.63) is 51.5 Å². The fourth-order valence-corrected chi connectivity index (χ4v) is 2.41. The SMILES string of the molecule is O=Cc1cc2c(cc1OCc1ccc(Cl)cc1Cl)OCO2. The molecular formula is C15H10Cl2O4. The summed E-state index contributed by atoms with van der Waals surface area (Å²) in [6, 6.07) is 8.37. The number of carbonyl (C=O) groups is 1. The van der Waals surface area contributed by atoms with Crippen molar-refractivity contribution >= 4 is 29.5 Å². The summed E-state index contributed by atoms with van der Waals surface area (Å²) in [7, 11) is 0. The van der Waals surface area contributed by atoms with E-state index in [2.05, 4.69) is 0 Å². The molecule has 0 unspecified atom stereocenters. The highest BCUT2D eigenvalue weighted by Crippen LogP contribution is 2.38. The van der Waals surface area contributed by atoms with Crippen molar-refractivity contribution in [2.24, 2.45) is 0 Å². The van der Waals surface area contributed by atoms with Crippen LogP contribution in [0.5, 0.6) is 17.2 Å². The lowest BCUT2D eigenvalue weighted by Crippen LogP contribution is -1.99. The molecule has 2 aromatic rings. The Labute approximate surface area is 131 Å². The van der Waals surface area contributed by atoms with Gasteiger partial charge < -0.3 is 14.2 Å². The summed E-state index contributed by atoms with van der Waals surface area (Å²) < 4.78 is 16.2. The predicted octanol–water partition coefficient (Wildman–Crippen LogP) is 4.11. The number of halogens is 2. The molecule has 108 valence electrons. The molecule has 0 saturated carbocycles. The van der Waals surface area contributed by atoms with Gasteiger partial charge in [0.25, 0.3) is 0 Å². The van der Waals surface area contributed by atoms with Crippen LogP contribution >= 0.6 is 23.2 Å². The van der Waals surface area contributed by atoms with E-state index in [0.717, 1.165) is 5.56 Å².